The molecule has 0 aromatic rings. The first-order chi connectivity index (χ1) is 4.00. The van der Waals surface area contributed by atoms with E-state index in [-0.39, 0.29) is 99.3 Å². The van der Waals surface area contributed by atoms with Crippen molar-refractivity contribution in [2.75, 3.05) is 0 Å². The van der Waals surface area contributed by atoms with Crippen LogP contribution in [0, 0.1) is 0 Å². The Morgan fingerprint density at radius 1 is 0.375 bits per heavy atom. The first-order valence-electron chi connectivity index (χ1n) is 1.33. The Hall–Kier alpha value is 0.273. The van der Waals surface area contributed by atoms with Gasteiger partial charge in [-0.1, -0.05) is 0 Å². The van der Waals surface area contributed by atoms with E-state index in [1.165, 1.54) is 0 Å². The van der Waals surface area contributed by atoms with Gasteiger partial charge in [-0.05, 0) is 0 Å². The SMILES string of the molecule is O.O.O.O.O.O.O.O.O.O.O.O.O=S(=O)([O-])[O-].O=S(=O)([O-])[O-].[Fe+2].[Ni+2]. The summed E-state index contributed by atoms with van der Waals surface area (Å²) in [6.07, 6.45) is 0. The van der Waals surface area contributed by atoms with Gasteiger partial charge >= 0.3 is 33.6 Å². The van der Waals surface area contributed by atoms with Gasteiger partial charge in [0.15, 0.2) is 0 Å². The molecule has 0 aromatic carbocycles. The molecule has 24 N–H and O–H groups in total. The van der Waals surface area contributed by atoms with Crippen LogP contribution in [0.4, 0.5) is 0 Å². The summed E-state index contributed by atoms with van der Waals surface area (Å²) in [7, 11) is -10.3. The van der Waals surface area contributed by atoms with Crippen molar-refractivity contribution in [3.05, 3.63) is 0 Å². The third kappa shape index (κ3) is 135000. The summed E-state index contributed by atoms with van der Waals surface area (Å²) in [4.78, 5) is 0. The molecule has 24 heavy (non-hydrogen) atoms. The molecule has 0 radical (unpaired) electrons. The summed E-state index contributed by atoms with van der Waals surface area (Å²) >= 11 is 0. The average Bonchev–Trinajstić information content (AvgIpc) is 1.12. The molecule has 0 heterocycles. The summed E-state index contributed by atoms with van der Waals surface area (Å²) in [5, 5.41) is 0. The third-order valence-corrected chi connectivity index (χ3v) is 0. The van der Waals surface area contributed by atoms with E-state index in [0.717, 1.165) is 0 Å². The number of hydrogen-bond acceptors (Lipinski definition) is 8. The molecule has 0 rings (SSSR count). The first-order valence-corrected chi connectivity index (χ1v) is 4.00. The molecule has 20 nitrogen and oxygen atoms in total. The molecule has 0 bridgehead atoms. The Morgan fingerprint density at radius 3 is 0.375 bits per heavy atom. The Balaban J connectivity index is -0.00000000241. The van der Waals surface area contributed by atoms with Gasteiger partial charge in [0.1, 0.15) is 0 Å². The Kier molecular flexibility index (Phi) is 613. The van der Waals surface area contributed by atoms with Crippen molar-refractivity contribution >= 4 is 20.8 Å². The van der Waals surface area contributed by atoms with Crippen molar-refractivity contribution < 1.29 is 134 Å². The molecule has 0 unspecified atom stereocenters. The van der Waals surface area contributed by atoms with Gasteiger partial charge in [-0.25, -0.2) is 0 Å². The van der Waals surface area contributed by atoms with Crippen molar-refractivity contribution in [3.63, 3.8) is 0 Å². The topological polar surface area (TPSA) is 539 Å². The predicted octanol–water partition coefficient (Wildman–Crippen LogP) is -12.6. The summed E-state index contributed by atoms with van der Waals surface area (Å²) < 4.78 is 68.2. The van der Waals surface area contributed by atoms with Crippen LogP contribution in [0.15, 0.2) is 0 Å². The van der Waals surface area contributed by atoms with E-state index >= 15 is 0 Å². The van der Waals surface area contributed by atoms with E-state index in [2.05, 4.69) is 0 Å². The van der Waals surface area contributed by atoms with Crippen LogP contribution in [0.25, 0.3) is 0 Å². The molecule has 0 aromatic heterocycles. The van der Waals surface area contributed by atoms with Crippen molar-refractivity contribution in [3.8, 4) is 0 Å². The van der Waals surface area contributed by atoms with Gasteiger partial charge < -0.3 is 83.9 Å². The zero-order valence-corrected chi connectivity index (χ0v) is 14.5. The molecule has 0 aliphatic heterocycles. The van der Waals surface area contributed by atoms with Gasteiger partial charge in [0.05, 0.1) is 0 Å². The predicted molar refractivity (Wildman–Crippen MR) is 64.3 cm³/mol. The summed E-state index contributed by atoms with van der Waals surface area (Å²) in [6, 6.07) is 0. The van der Waals surface area contributed by atoms with Crippen LogP contribution in [0.3, 0.4) is 0 Å². The van der Waals surface area contributed by atoms with Crippen molar-refractivity contribution in [2.24, 2.45) is 0 Å². The average molecular weight is 523 g/mol. The normalized spacial score (nSPS) is 4.83. The Bertz CT molecular complexity index is 218. The number of rotatable bonds is 0. The molecular weight excluding hydrogens is 499 g/mol. The van der Waals surface area contributed by atoms with Gasteiger partial charge in [0, 0.05) is 20.8 Å². The fourth-order valence-corrected chi connectivity index (χ4v) is 0. The second-order valence-electron chi connectivity index (χ2n) is 0.816. The van der Waals surface area contributed by atoms with E-state index in [0.29, 0.717) is 0 Å². The van der Waals surface area contributed by atoms with Gasteiger partial charge in [-0.2, -0.15) is 0 Å². The van der Waals surface area contributed by atoms with Crippen molar-refractivity contribution in [2.45, 2.75) is 0 Å². The largest absolute Gasteiger partial charge is 2.00 e. The molecule has 0 saturated heterocycles. The number of hydrogen-bond donors (Lipinski definition) is 0. The molecule has 24 heteroatoms. The molecule has 0 atom stereocenters. The van der Waals surface area contributed by atoms with E-state index < -0.39 is 20.8 Å². The van der Waals surface area contributed by atoms with E-state index in [9.17, 15) is 0 Å². The quantitative estimate of drug-likeness (QED) is 0.166. The maximum absolute atomic E-state index is 8.52. The minimum absolute atomic E-state index is 0. The van der Waals surface area contributed by atoms with Crippen molar-refractivity contribution in [1.82, 2.24) is 0 Å². The third-order valence-electron chi connectivity index (χ3n) is 0. The maximum Gasteiger partial charge on any atom is 2.00 e. The summed E-state index contributed by atoms with van der Waals surface area (Å²) in [5.74, 6) is 0. The molecule has 0 spiro atoms. The van der Waals surface area contributed by atoms with Crippen LogP contribution in [0.5, 0.6) is 0 Å². The van der Waals surface area contributed by atoms with Crippen LogP contribution >= 0.6 is 0 Å². The second kappa shape index (κ2) is 76.6. The minimum Gasteiger partial charge on any atom is -0.759 e. The molecule has 0 aliphatic carbocycles. The molecule has 0 amide bonds. The Labute approximate surface area is 155 Å². The first kappa shape index (κ1) is 192. The van der Waals surface area contributed by atoms with E-state index in [1.54, 1.807) is 0 Å². The van der Waals surface area contributed by atoms with Gasteiger partial charge in [0.2, 0.25) is 0 Å². The van der Waals surface area contributed by atoms with Crippen LogP contribution in [-0.4, -0.2) is 101 Å². The second-order valence-corrected chi connectivity index (χ2v) is 2.45. The smallest absolute Gasteiger partial charge is 0.759 e. The van der Waals surface area contributed by atoms with Crippen LogP contribution in [-0.2, 0) is 54.4 Å². The molecule has 174 valence electrons. The standard InChI is InChI=1S/Fe.Ni.2H2O4S.12H2O/c;;2*1-5(2,3)4;;;;;;;;;;;;/h;;2*(H2,1,2,3,4);12*1H2/q2*+2;;;;;;;;;;;;;;/p-4. The van der Waals surface area contributed by atoms with Crippen LogP contribution in [0.2, 0.25) is 0 Å². The van der Waals surface area contributed by atoms with Gasteiger partial charge in [-0.3, -0.25) is 16.8 Å². The Morgan fingerprint density at radius 2 is 0.375 bits per heavy atom. The van der Waals surface area contributed by atoms with E-state index in [1.807, 2.05) is 0 Å². The van der Waals surface area contributed by atoms with Gasteiger partial charge in [0.25, 0.3) is 0 Å². The molecule has 0 aliphatic rings. The van der Waals surface area contributed by atoms with Gasteiger partial charge in [-0.15, -0.1) is 0 Å². The monoisotopic (exact) mass is 522 g/mol. The molecule has 0 fully saturated rings. The maximum atomic E-state index is 8.52. The van der Waals surface area contributed by atoms with E-state index in [4.69, 9.17) is 35.0 Å². The fourth-order valence-electron chi connectivity index (χ4n) is 0. The van der Waals surface area contributed by atoms with Crippen LogP contribution < -0.4 is 0 Å². The zero-order chi connectivity index (χ0) is 9.00. The molecular formula is H24FeNiO20S2. The summed E-state index contributed by atoms with van der Waals surface area (Å²) in [6.45, 7) is 0. The van der Waals surface area contributed by atoms with Crippen molar-refractivity contribution in [1.29, 1.82) is 0 Å². The molecule has 0 saturated carbocycles. The zero-order valence-electron chi connectivity index (χ0n) is 10.8. The summed E-state index contributed by atoms with van der Waals surface area (Å²) in [5.41, 5.74) is 0. The van der Waals surface area contributed by atoms with Crippen LogP contribution in [0.1, 0.15) is 0 Å². The minimum atomic E-state index is -5.17. The fraction of sp³-hybridized carbons (Fsp3) is 0.